The fraction of sp³-hybridized carbons (Fsp3) is 0.100. The van der Waals surface area contributed by atoms with Crippen LogP contribution in [0.3, 0.4) is 0 Å². The number of hydrogen-bond acceptors (Lipinski definition) is 5. The minimum Gasteiger partial charge on any atom is -0.484 e. The van der Waals surface area contributed by atoms with Gasteiger partial charge in [-0.1, -0.05) is 23.3 Å². The molecular weight excluding hydrogens is 240 g/mol. The zero-order valence-corrected chi connectivity index (χ0v) is 9.61. The summed E-state index contributed by atoms with van der Waals surface area (Å²) in [4.78, 5) is 0. The van der Waals surface area contributed by atoms with Crippen molar-refractivity contribution in [3.05, 3.63) is 36.2 Å². The van der Waals surface area contributed by atoms with Crippen LogP contribution in [0.25, 0.3) is 0 Å². The van der Waals surface area contributed by atoms with E-state index in [1.165, 1.54) is 0 Å². The molecule has 3 N–H and O–H groups in total. The van der Waals surface area contributed by atoms with E-state index in [0.717, 1.165) is 5.75 Å². The maximum absolute atomic E-state index is 5.42. The molecule has 0 spiro atoms. The first-order valence-electron chi connectivity index (χ1n) is 4.81. The summed E-state index contributed by atoms with van der Waals surface area (Å²) in [6, 6.07) is 9.49. The third-order valence-corrected chi connectivity index (χ3v) is 1.90. The number of thiocarbonyl (C=S) groups is 1. The van der Waals surface area contributed by atoms with Gasteiger partial charge in [0.25, 0.3) is 5.89 Å². The Morgan fingerprint density at radius 1 is 1.35 bits per heavy atom. The van der Waals surface area contributed by atoms with Gasteiger partial charge in [-0.3, -0.25) is 5.32 Å². The van der Waals surface area contributed by atoms with E-state index in [1.54, 1.807) is 0 Å². The standard InChI is InChI=1S/C10H10N4O2S/c11-9(17)12-10-14-13-8(16-10)6-15-7-4-2-1-3-5-7/h1-5H,6H2,(H3,11,12,14,17). The number of nitrogens with one attached hydrogen (secondary N) is 1. The van der Waals surface area contributed by atoms with E-state index in [0.29, 0.717) is 5.89 Å². The number of nitrogens with zero attached hydrogens (tertiary/aromatic N) is 2. The Labute approximate surface area is 103 Å². The molecule has 0 saturated heterocycles. The lowest BCUT2D eigenvalue weighted by atomic mass is 10.3. The monoisotopic (exact) mass is 250 g/mol. The molecule has 1 heterocycles. The van der Waals surface area contributed by atoms with Crippen LogP contribution in [0.2, 0.25) is 0 Å². The number of aromatic nitrogens is 2. The van der Waals surface area contributed by atoms with Crippen molar-refractivity contribution >= 4 is 23.3 Å². The Kier molecular flexibility index (Phi) is 3.51. The molecular formula is C10H10N4O2S. The van der Waals surface area contributed by atoms with Crippen molar-refractivity contribution in [1.82, 2.24) is 10.2 Å². The molecule has 0 aliphatic carbocycles. The molecule has 0 atom stereocenters. The average Bonchev–Trinajstić information content (AvgIpc) is 2.75. The second-order valence-electron chi connectivity index (χ2n) is 3.09. The summed E-state index contributed by atoms with van der Waals surface area (Å²) in [6.07, 6.45) is 0. The number of nitrogens with two attached hydrogens (primary N) is 1. The Morgan fingerprint density at radius 2 is 2.12 bits per heavy atom. The van der Waals surface area contributed by atoms with Crippen molar-refractivity contribution in [1.29, 1.82) is 0 Å². The first kappa shape index (κ1) is 11.3. The smallest absolute Gasteiger partial charge is 0.321 e. The van der Waals surface area contributed by atoms with E-state index in [-0.39, 0.29) is 17.7 Å². The molecule has 7 heteroatoms. The zero-order valence-electron chi connectivity index (χ0n) is 8.79. The van der Waals surface area contributed by atoms with Crippen LogP contribution >= 0.6 is 12.2 Å². The van der Waals surface area contributed by atoms with Crippen LogP contribution < -0.4 is 15.8 Å². The predicted molar refractivity (Wildman–Crippen MR) is 65.5 cm³/mol. The highest BCUT2D eigenvalue weighted by molar-refractivity contribution is 7.80. The highest BCUT2D eigenvalue weighted by Gasteiger charge is 2.06. The summed E-state index contributed by atoms with van der Waals surface area (Å²) in [5.41, 5.74) is 5.26. The summed E-state index contributed by atoms with van der Waals surface area (Å²) in [6.45, 7) is 0.191. The minimum absolute atomic E-state index is 0.0733. The SMILES string of the molecule is NC(=S)Nc1nnc(COc2ccccc2)o1. The number of anilines is 1. The van der Waals surface area contributed by atoms with Crippen molar-refractivity contribution in [2.24, 2.45) is 5.73 Å². The highest BCUT2D eigenvalue weighted by Crippen LogP contribution is 2.12. The lowest BCUT2D eigenvalue weighted by molar-refractivity contribution is 0.265. The Balaban J connectivity index is 1.91. The fourth-order valence-corrected chi connectivity index (χ4v) is 1.22. The number of rotatable bonds is 4. The number of para-hydroxylation sites is 1. The van der Waals surface area contributed by atoms with Gasteiger partial charge in [0, 0.05) is 0 Å². The molecule has 0 radical (unpaired) electrons. The average molecular weight is 250 g/mol. The topological polar surface area (TPSA) is 86.2 Å². The Hall–Kier alpha value is -2.15. The van der Waals surface area contributed by atoms with Crippen molar-refractivity contribution in [2.45, 2.75) is 6.61 Å². The van der Waals surface area contributed by atoms with Gasteiger partial charge in [0.05, 0.1) is 0 Å². The summed E-state index contributed by atoms with van der Waals surface area (Å²) < 4.78 is 10.6. The van der Waals surface area contributed by atoms with Crippen LogP contribution in [-0.4, -0.2) is 15.3 Å². The van der Waals surface area contributed by atoms with E-state index < -0.39 is 0 Å². The lowest BCUT2D eigenvalue weighted by Crippen LogP contribution is -2.18. The summed E-state index contributed by atoms with van der Waals surface area (Å²) >= 11 is 4.64. The number of hydrogen-bond donors (Lipinski definition) is 2. The van der Waals surface area contributed by atoms with E-state index in [9.17, 15) is 0 Å². The van der Waals surface area contributed by atoms with Gasteiger partial charge in [0.2, 0.25) is 0 Å². The fourth-order valence-electron chi connectivity index (χ4n) is 1.13. The van der Waals surface area contributed by atoms with Crippen LogP contribution in [0.15, 0.2) is 34.7 Å². The molecule has 0 amide bonds. The van der Waals surface area contributed by atoms with E-state index in [4.69, 9.17) is 14.9 Å². The van der Waals surface area contributed by atoms with Gasteiger partial charge in [-0.15, -0.1) is 5.10 Å². The van der Waals surface area contributed by atoms with Crippen LogP contribution in [0.5, 0.6) is 5.75 Å². The molecule has 0 aliphatic heterocycles. The highest BCUT2D eigenvalue weighted by atomic mass is 32.1. The maximum atomic E-state index is 5.42. The Bertz CT molecular complexity index is 500. The van der Waals surface area contributed by atoms with Crippen molar-refractivity contribution in [3.63, 3.8) is 0 Å². The Morgan fingerprint density at radius 3 is 2.82 bits per heavy atom. The number of ether oxygens (including phenoxy) is 1. The first-order valence-corrected chi connectivity index (χ1v) is 5.21. The largest absolute Gasteiger partial charge is 0.484 e. The van der Waals surface area contributed by atoms with Crippen molar-refractivity contribution < 1.29 is 9.15 Å². The molecule has 1 aromatic heterocycles. The van der Waals surface area contributed by atoms with E-state index in [2.05, 4.69) is 27.7 Å². The van der Waals surface area contributed by atoms with Gasteiger partial charge in [-0.2, -0.15) is 0 Å². The molecule has 2 aromatic rings. The third-order valence-electron chi connectivity index (χ3n) is 1.80. The summed E-state index contributed by atoms with van der Waals surface area (Å²) in [7, 11) is 0. The molecule has 0 fully saturated rings. The normalized spacial score (nSPS) is 9.88. The van der Waals surface area contributed by atoms with E-state index in [1.807, 2.05) is 30.3 Å². The number of benzene rings is 1. The molecule has 17 heavy (non-hydrogen) atoms. The zero-order chi connectivity index (χ0) is 12.1. The van der Waals surface area contributed by atoms with Gasteiger partial charge in [-0.05, 0) is 24.4 Å². The minimum atomic E-state index is 0.0733. The van der Waals surface area contributed by atoms with Crippen LogP contribution in [0, 0.1) is 0 Å². The van der Waals surface area contributed by atoms with Crippen LogP contribution in [0.4, 0.5) is 6.01 Å². The molecule has 0 saturated carbocycles. The second-order valence-corrected chi connectivity index (χ2v) is 3.53. The lowest BCUT2D eigenvalue weighted by Gasteiger charge is -2.01. The van der Waals surface area contributed by atoms with Crippen molar-refractivity contribution in [3.8, 4) is 5.75 Å². The summed E-state index contributed by atoms with van der Waals surface area (Å²) in [5.74, 6) is 1.07. The summed E-state index contributed by atoms with van der Waals surface area (Å²) in [5, 5.41) is 10.1. The predicted octanol–water partition coefficient (Wildman–Crippen LogP) is 1.30. The van der Waals surface area contributed by atoms with Crippen LogP contribution in [0.1, 0.15) is 5.89 Å². The quantitative estimate of drug-likeness (QED) is 0.791. The van der Waals surface area contributed by atoms with Gasteiger partial charge in [0.1, 0.15) is 5.75 Å². The molecule has 0 bridgehead atoms. The first-order chi connectivity index (χ1) is 8.24. The second kappa shape index (κ2) is 5.26. The van der Waals surface area contributed by atoms with Gasteiger partial charge in [-0.25, -0.2) is 0 Å². The van der Waals surface area contributed by atoms with E-state index >= 15 is 0 Å². The van der Waals surface area contributed by atoms with Crippen LogP contribution in [-0.2, 0) is 6.61 Å². The molecule has 1 aromatic carbocycles. The molecule has 88 valence electrons. The molecule has 0 aliphatic rings. The van der Waals surface area contributed by atoms with Gasteiger partial charge >= 0.3 is 6.01 Å². The van der Waals surface area contributed by atoms with Gasteiger partial charge < -0.3 is 14.9 Å². The van der Waals surface area contributed by atoms with Gasteiger partial charge in [0.15, 0.2) is 11.7 Å². The maximum Gasteiger partial charge on any atom is 0.321 e. The van der Waals surface area contributed by atoms with Crippen molar-refractivity contribution in [2.75, 3.05) is 5.32 Å². The molecule has 0 unspecified atom stereocenters. The molecule has 6 nitrogen and oxygen atoms in total. The molecule has 2 rings (SSSR count). The third kappa shape index (κ3) is 3.42.